The lowest BCUT2D eigenvalue weighted by Crippen LogP contribution is -2.41. The van der Waals surface area contributed by atoms with Gasteiger partial charge in [-0.1, -0.05) is 39.7 Å². The van der Waals surface area contributed by atoms with Crippen LogP contribution in [-0.2, 0) is 0 Å². The molecule has 0 saturated carbocycles. The third-order valence-corrected chi connectivity index (χ3v) is 3.88. The van der Waals surface area contributed by atoms with Crippen LogP contribution in [0.25, 0.3) is 0 Å². The van der Waals surface area contributed by atoms with E-state index in [0.29, 0.717) is 0 Å². The molecular weight excluding hydrogens is 184 g/mol. The lowest BCUT2D eigenvalue weighted by Gasteiger charge is -2.40. The summed E-state index contributed by atoms with van der Waals surface area (Å²) < 4.78 is 0. The van der Waals surface area contributed by atoms with E-state index in [1.807, 2.05) is 6.92 Å². The van der Waals surface area contributed by atoms with Crippen LogP contribution in [0.15, 0.2) is 11.6 Å². The summed E-state index contributed by atoms with van der Waals surface area (Å²) in [6.07, 6.45) is 9.68. The molecule has 1 heteroatoms. The number of allylic oxidation sites excluding steroid dienone is 1. The minimum atomic E-state index is -0.648. The van der Waals surface area contributed by atoms with Crippen molar-refractivity contribution in [3.05, 3.63) is 11.6 Å². The summed E-state index contributed by atoms with van der Waals surface area (Å²) in [5, 5.41) is 10.6. The molecule has 0 heterocycles. The monoisotopic (exact) mass is 210 g/mol. The molecule has 0 fully saturated rings. The standard InChI is InChI=1S/C14H26O/c1-13(2,3)14(4,15)12-10-8-6-5-7-9-11-12/h10,15H,5-9,11H2,1-4H3. The van der Waals surface area contributed by atoms with Crippen LogP contribution in [0.5, 0.6) is 0 Å². The molecule has 1 nitrogen and oxygen atoms in total. The molecule has 1 rings (SSSR count). The SMILES string of the molecule is CC(C)(C)C(C)(O)C1=CCCCCCC1. The summed E-state index contributed by atoms with van der Waals surface area (Å²) in [4.78, 5) is 0. The summed E-state index contributed by atoms with van der Waals surface area (Å²) in [6.45, 7) is 8.33. The van der Waals surface area contributed by atoms with E-state index in [0.717, 1.165) is 12.8 Å². The van der Waals surface area contributed by atoms with Crippen molar-refractivity contribution in [3.8, 4) is 0 Å². The van der Waals surface area contributed by atoms with Gasteiger partial charge in [-0.3, -0.25) is 0 Å². The highest BCUT2D eigenvalue weighted by Gasteiger charge is 2.38. The number of hydrogen-bond acceptors (Lipinski definition) is 1. The van der Waals surface area contributed by atoms with Gasteiger partial charge in [0.1, 0.15) is 0 Å². The van der Waals surface area contributed by atoms with E-state index in [2.05, 4.69) is 26.8 Å². The molecule has 15 heavy (non-hydrogen) atoms. The topological polar surface area (TPSA) is 20.2 Å². The second-order valence-electron chi connectivity index (χ2n) is 6.00. The Kier molecular flexibility index (Phi) is 3.99. The minimum Gasteiger partial charge on any atom is -0.385 e. The predicted octanol–water partition coefficient (Wildman–Crippen LogP) is 4.06. The molecule has 0 aromatic rings. The smallest absolute Gasteiger partial charge is 0.0876 e. The average molecular weight is 210 g/mol. The van der Waals surface area contributed by atoms with Gasteiger partial charge in [0.2, 0.25) is 0 Å². The highest BCUT2D eigenvalue weighted by atomic mass is 16.3. The van der Waals surface area contributed by atoms with Gasteiger partial charge >= 0.3 is 0 Å². The van der Waals surface area contributed by atoms with Crippen LogP contribution in [0.2, 0.25) is 0 Å². The summed E-state index contributed by atoms with van der Waals surface area (Å²) >= 11 is 0. The van der Waals surface area contributed by atoms with Crippen molar-refractivity contribution >= 4 is 0 Å². The van der Waals surface area contributed by atoms with Gasteiger partial charge in [-0.05, 0) is 43.6 Å². The number of rotatable bonds is 1. The maximum absolute atomic E-state index is 10.6. The first-order valence-corrected chi connectivity index (χ1v) is 6.27. The summed E-state index contributed by atoms with van der Waals surface area (Å²) in [6, 6.07) is 0. The Labute approximate surface area is 94.6 Å². The van der Waals surface area contributed by atoms with Gasteiger partial charge in [0.05, 0.1) is 5.60 Å². The third kappa shape index (κ3) is 3.07. The summed E-state index contributed by atoms with van der Waals surface area (Å²) in [5.74, 6) is 0. The first-order valence-electron chi connectivity index (χ1n) is 6.27. The Balaban J connectivity index is 2.83. The highest BCUT2D eigenvalue weighted by Crippen LogP contribution is 2.39. The lowest BCUT2D eigenvalue weighted by molar-refractivity contribution is -0.0108. The van der Waals surface area contributed by atoms with Crippen molar-refractivity contribution in [2.75, 3.05) is 0 Å². The molecule has 1 aliphatic carbocycles. The fraction of sp³-hybridized carbons (Fsp3) is 0.857. The van der Waals surface area contributed by atoms with Crippen molar-refractivity contribution < 1.29 is 5.11 Å². The molecule has 0 amide bonds. The van der Waals surface area contributed by atoms with Gasteiger partial charge in [-0.2, -0.15) is 0 Å². The van der Waals surface area contributed by atoms with E-state index >= 15 is 0 Å². The first-order chi connectivity index (χ1) is 6.86. The normalized spacial score (nSPS) is 23.7. The second kappa shape index (κ2) is 4.69. The fourth-order valence-corrected chi connectivity index (χ4v) is 2.12. The second-order valence-corrected chi connectivity index (χ2v) is 6.00. The van der Waals surface area contributed by atoms with Gasteiger partial charge in [0.25, 0.3) is 0 Å². The average Bonchev–Trinajstić information content (AvgIpc) is 1.99. The van der Waals surface area contributed by atoms with Crippen molar-refractivity contribution in [1.29, 1.82) is 0 Å². The molecule has 1 N–H and O–H groups in total. The Bertz CT molecular complexity index is 230. The molecule has 0 aromatic carbocycles. The quantitative estimate of drug-likeness (QED) is 0.647. The van der Waals surface area contributed by atoms with E-state index in [1.165, 1.54) is 31.3 Å². The van der Waals surface area contributed by atoms with Crippen molar-refractivity contribution in [2.45, 2.75) is 71.8 Å². The maximum atomic E-state index is 10.6. The van der Waals surface area contributed by atoms with Crippen molar-refractivity contribution in [1.82, 2.24) is 0 Å². The molecule has 0 radical (unpaired) electrons. The molecule has 1 unspecified atom stereocenters. The van der Waals surface area contributed by atoms with Crippen LogP contribution in [0.1, 0.15) is 66.2 Å². The Hall–Kier alpha value is -0.300. The van der Waals surface area contributed by atoms with Crippen LogP contribution in [-0.4, -0.2) is 10.7 Å². The van der Waals surface area contributed by atoms with Gasteiger partial charge < -0.3 is 5.11 Å². The number of aliphatic hydroxyl groups is 1. The Morgan fingerprint density at radius 3 is 2.20 bits per heavy atom. The maximum Gasteiger partial charge on any atom is 0.0876 e. The molecule has 0 saturated heterocycles. The van der Waals surface area contributed by atoms with Crippen molar-refractivity contribution in [2.24, 2.45) is 5.41 Å². The van der Waals surface area contributed by atoms with Gasteiger partial charge in [-0.15, -0.1) is 0 Å². The summed E-state index contributed by atoms with van der Waals surface area (Å²) in [7, 11) is 0. The molecule has 0 spiro atoms. The molecule has 1 aliphatic rings. The van der Waals surface area contributed by atoms with E-state index in [-0.39, 0.29) is 5.41 Å². The van der Waals surface area contributed by atoms with E-state index in [1.54, 1.807) is 0 Å². The minimum absolute atomic E-state index is 0.0714. The molecule has 88 valence electrons. The van der Waals surface area contributed by atoms with Gasteiger partial charge in [0.15, 0.2) is 0 Å². The van der Waals surface area contributed by atoms with Crippen molar-refractivity contribution in [3.63, 3.8) is 0 Å². The van der Waals surface area contributed by atoms with Gasteiger partial charge in [-0.25, -0.2) is 0 Å². The van der Waals surface area contributed by atoms with Gasteiger partial charge in [0, 0.05) is 0 Å². The highest BCUT2D eigenvalue weighted by molar-refractivity contribution is 5.19. The Morgan fingerprint density at radius 1 is 1.00 bits per heavy atom. The van der Waals surface area contributed by atoms with Crippen LogP contribution in [0, 0.1) is 5.41 Å². The zero-order valence-electron chi connectivity index (χ0n) is 10.8. The molecule has 0 bridgehead atoms. The molecule has 0 aliphatic heterocycles. The lowest BCUT2D eigenvalue weighted by atomic mass is 9.71. The van der Waals surface area contributed by atoms with Crippen LogP contribution in [0.4, 0.5) is 0 Å². The van der Waals surface area contributed by atoms with Crippen LogP contribution in [0.3, 0.4) is 0 Å². The van der Waals surface area contributed by atoms with E-state index in [9.17, 15) is 5.11 Å². The molecule has 0 aromatic heterocycles. The van der Waals surface area contributed by atoms with E-state index in [4.69, 9.17) is 0 Å². The molecular formula is C14H26O. The predicted molar refractivity (Wildman–Crippen MR) is 65.9 cm³/mol. The fourth-order valence-electron chi connectivity index (χ4n) is 2.12. The number of hydrogen-bond donors (Lipinski definition) is 1. The summed E-state index contributed by atoms with van der Waals surface area (Å²) in [5.41, 5.74) is 0.539. The zero-order valence-corrected chi connectivity index (χ0v) is 10.8. The van der Waals surface area contributed by atoms with Crippen LogP contribution >= 0.6 is 0 Å². The third-order valence-electron chi connectivity index (χ3n) is 3.88. The van der Waals surface area contributed by atoms with E-state index < -0.39 is 5.60 Å². The van der Waals surface area contributed by atoms with Crippen LogP contribution < -0.4 is 0 Å². The molecule has 1 atom stereocenters. The first kappa shape index (κ1) is 12.8. The largest absolute Gasteiger partial charge is 0.385 e. The Morgan fingerprint density at radius 2 is 1.60 bits per heavy atom. The zero-order chi connectivity index (χ0) is 11.5.